The van der Waals surface area contributed by atoms with Crippen molar-refractivity contribution in [2.75, 3.05) is 18.8 Å². The number of nitrogens with zero attached hydrogens (tertiary/aromatic N) is 1. The fraction of sp³-hybridized carbons (Fsp3) is 0.654. The Morgan fingerprint density at radius 1 is 1.13 bits per heavy atom. The molecule has 2 N–H and O–H groups in total. The lowest BCUT2D eigenvalue weighted by Crippen LogP contribution is -2.31. The monoisotopic (exact) mass is 430 g/mol. The van der Waals surface area contributed by atoms with Crippen LogP contribution in [0.25, 0.3) is 6.08 Å². The minimum atomic E-state index is 0.0512. The number of anilines is 1. The van der Waals surface area contributed by atoms with Gasteiger partial charge in [-0.1, -0.05) is 82.2 Å². The minimum Gasteiger partial charge on any atom is -0.398 e. The molecule has 1 aliphatic heterocycles. The van der Waals surface area contributed by atoms with Gasteiger partial charge in [-0.05, 0) is 54.2 Å². The Bertz CT molecular complexity index is 759. The van der Waals surface area contributed by atoms with E-state index >= 15 is 0 Å². The van der Waals surface area contributed by atoms with Crippen molar-refractivity contribution < 1.29 is 4.79 Å². The van der Waals surface area contributed by atoms with E-state index in [4.69, 9.17) is 17.3 Å². The molecule has 1 aliphatic carbocycles. The summed E-state index contributed by atoms with van der Waals surface area (Å²) in [5, 5.41) is 0.626. The van der Waals surface area contributed by atoms with E-state index in [0.717, 1.165) is 37.4 Å². The van der Waals surface area contributed by atoms with Gasteiger partial charge in [0.25, 0.3) is 0 Å². The average Bonchev–Trinajstić information content (AvgIpc) is 3.13. The highest BCUT2D eigenvalue weighted by atomic mass is 35.5. The van der Waals surface area contributed by atoms with Crippen LogP contribution in [0.3, 0.4) is 0 Å². The van der Waals surface area contributed by atoms with Gasteiger partial charge in [0, 0.05) is 19.5 Å². The lowest BCUT2D eigenvalue weighted by molar-refractivity contribution is -0.132. The smallest absolute Gasteiger partial charge is 0.223 e. The van der Waals surface area contributed by atoms with E-state index in [1.165, 1.54) is 44.1 Å². The molecular weight excluding hydrogens is 392 g/mol. The standard InChI is InChI=1S/C26H39ClN2O/c1-26(2,3)17-25(30)29-12-11-21(18-29)15-22(13-19-7-5-4-6-8-19)14-20-9-10-24(28)23(27)16-20/h9-10,14,16,19,21H,4-8,11-13,15,17-18,28H2,1-3H3/b22-14+. The maximum Gasteiger partial charge on any atom is 0.223 e. The Balaban J connectivity index is 1.68. The Morgan fingerprint density at radius 3 is 2.50 bits per heavy atom. The summed E-state index contributed by atoms with van der Waals surface area (Å²) in [5.74, 6) is 1.68. The van der Waals surface area contributed by atoms with Gasteiger partial charge in [-0.25, -0.2) is 0 Å². The Labute approximate surface area is 188 Å². The second kappa shape index (κ2) is 10.2. The number of allylic oxidation sites excluding steroid dienone is 1. The number of amides is 1. The molecule has 2 fully saturated rings. The molecule has 1 heterocycles. The zero-order valence-corrected chi connectivity index (χ0v) is 19.8. The van der Waals surface area contributed by atoms with Crippen LogP contribution in [0.4, 0.5) is 5.69 Å². The summed E-state index contributed by atoms with van der Waals surface area (Å²) in [6, 6.07) is 5.94. The van der Waals surface area contributed by atoms with Crippen LogP contribution in [-0.2, 0) is 4.79 Å². The first-order valence-corrected chi connectivity index (χ1v) is 12.1. The SMILES string of the molecule is CC(C)(C)CC(=O)N1CCC(C/C(=C/c2ccc(N)c(Cl)c2)CC2CCCCC2)C1. The highest BCUT2D eigenvalue weighted by molar-refractivity contribution is 6.33. The molecule has 0 aromatic heterocycles. The van der Waals surface area contributed by atoms with Crippen molar-refractivity contribution in [1.82, 2.24) is 4.90 Å². The molecule has 3 nitrogen and oxygen atoms in total. The van der Waals surface area contributed by atoms with Crippen LogP contribution in [0.2, 0.25) is 5.02 Å². The molecule has 0 bridgehead atoms. The molecule has 1 atom stereocenters. The number of carbonyl (C=O) groups excluding carboxylic acids is 1. The van der Waals surface area contributed by atoms with E-state index in [1.54, 1.807) is 0 Å². The number of likely N-dealkylation sites (tertiary alicyclic amines) is 1. The predicted octanol–water partition coefficient (Wildman–Crippen LogP) is 6.95. The Kier molecular flexibility index (Phi) is 7.90. The molecule has 1 aromatic rings. The second-order valence-corrected chi connectivity index (χ2v) is 11.1. The number of benzene rings is 1. The highest BCUT2D eigenvalue weighted by Crippen LogP contribution is 2.34. The number of hydrogen-bond donors (Lipinski definition) is 1. The highest BCUT2D eigenvalue weighted by Gasteiger charge is 2.29. The predicted molar refractivity (Wildman–Crippen MR) is 128 cm³/mol. The fourth-order valence-electron chi connectivity index (χ4n) is 4.99. The third kappa shape index (κ3) is 7.04. The van der Waals surface area contributed by atoms with E-state index in [-0.39, 0.29) is 5.41 Å². The maximum absolute atomic E-state index is 12.7. The van der Waals surface area contributed by atoms with Crippen LogP contribution in [0.5, 0.6) is 0 Å². The number of rotatable bonds is 6. The molecule has 3 rings (SSSR count). The summed E-state index contributed by atoms with van der Waals surface area (Å²) in [7, 11) is 0. The van der Waals surface area contributed by atoms with Gasteiger partial charge < -0.3 is 10.6 Å². The van der Waals surface area contributed by atoms with Crippen LogP contribution in [0.1, 0.15) is 84.1 Å². The largest absolute Gasteiger partial charge is 0.398 e. The number of hydrogen-bond acceptors (Lipinski definition) is 2. The van der Waals surface area contributed by atoms with Gasteiger partial charge in [-0.15, -0.1) is 0 Å². The molecule has 1 saturated heterocycles. The quantitative estimate of drug-likeness (QED) is 0.496. The second-order valence-electron chi connectivity index (χ2n) is 10.7. The van der Waals surface area contributed by atoms with Crippen molar-refractivity contribution in [2.24, 2.45) is 17.3 Å². The molecule has 1 aromatic carbocycles. The fourth-order valence-corrected chi connectivity index (χ4v) is 5.18. The zero-order chi connectivity index (χ0) is 21.7. The van der Waals surface area contributed by atoms with Crippen molar-refractivity contribution in [1.29, 1.82) is 0 Å². The third-order valence-electron chi connectivity index (χ3n) is 6.54. The van der Waals surface area contributed by atoms with E-state index < -0.39 is 0 Å². The molecule has 166 valence electrons. The summed E-state index contributed by atoms with van der Waals surface area (Å²) in [6.07, 6.45) is 13.1. The summed E-state index contributed by atoms with van der Waals surface area (Å²) in [6.45, 7) is 8.23. The van der Waals surface area contributed by atoms with Gasteiger partial charge in [-0.2, -0.15) is 0 Å². The summed E-state index contributed by atoms with van der Waals surface area (Å²) < 4.78 is 0. The molecule has 1 saturated carbocycles. The van der Waals surface area contributed by atoms with Crippen molar-refractivity contribution in [3.63, 3.8) is 0 Å². The van der Waals surface area contributed by atoms with E-state index in [9.17, 15) is 4.79 Å². The van der Waals surface area contributed by atoms with Gasteiger partial charge in [0.1, 0.15) is 0 Å². The average molecular weight is 431 g/mol. The molecular formula is C26H39ClN2O. The molecule has 30 heavy (non-hydrogen) atoms. The van der Waals surface area contributed by atoms with Crippen molar-refractivity contribution in [3.05, 3.63) is 34.4 Å². The van der Waals surface area contributed by atoms with Gasteiger partial charge >= 0.3 is 0 Å². The van der Waals surface area contributed by atoms with Gasteiger partial charge in [0.15, 0.2) is 0 Å². The topological polar surface area (TPSA) is 46.3 Å². The third-order valence-corrected chi connectivity index (χ3v) is 6.87. The molecule has 4 heteroatoms. The first-order valence-electron chi connectivity index (χ1n) is 11.7. The molecule has 1 amide bonds. The van der Waals surface area contributed by atoms with Crippen LogP contribution in [-0.4, -0.2) is 23.9 Å². The van der Waals surface area contributed by atoms with Crippen LogP contribution in [0, 0.1) is 17.3 Å². The van der Waals surface area contributed by atoms with Crippen molar-refractivity contribution in [3.8, 4) is 0 Å². The summed E-state index contributed by atoms with van der Waals surface area (Å²) >= 11 is 6.27. The van der Waals surface area contributed by atoms with Gasteiger partial charge in [0.05, 0.1) is 10.7 Å². The molecule has 0 radical (unpaired) electrons. The normalized spacial score (nSPS) is 21.3. The van der Waals surface area contributed by atoms with E-state index in [2.05, 4.69) is 37.8 Å². The lowest BCUT2D eigenvalue weighted by atomic mass is 9.82. The number of nitrogen functional groups attached to an aromatic ring is 1. The zero-order valence-electron chi connectivity index (χ0n) is 19.1. The van der Waals surface area contributed by atoms with Crippen LogP contribution < -0.4 is 5.73 Å². The van der Waals surface area contributed by atoms with Gasteiger partial charge in [0.2, 0.25) is 5.91 Å². The molecule has 2 aliphatic rings. The number of carbonyl (C=O) groups is 1. The first kappa shape index (κ1) is 23.2. The number of halogens is 1. The lowest BCUT2D eigenvalue weighted by Gasteiger charge is -2.25. The first-order chi connectivity index (χ1) is 14.2. The Hall–Kier alpha value is -1.48. The summed E-state index contributed by atoms with van der Waals surface area (Å²) in [5.41, 5.74) is 9.23. The van der Waals surface area contributed by atoms with Gasteiger partial charge in [-0.3, -0.25) is 4.79 Å². The molecule has 1 unspecified atom stereocenters. The van der Waals surface area contributed by atoms with E-state index in [0.29, 0.717) is 29.0 Å². The maximum atomic E-state index is 12.7. The van der Waals surface area contributed by atoms with Crippen molar-refractivity contribution >= 4 is 29.3 Å². The van der Waals surface area contributed by atoms with E-state index in [1.807, 2.05) is 12.1 Å². The van der Waals surface area contributed by atoms with Crippen LogP contribution in [0.15, 0.2) is 23.8 Å². The number of nitrogens with two attached hydrogens (primary N) is 1. The minimum absolute atomic E-state index is 0.0512. The van der Waals surface area contributed by atoms with Crippen LogP contribution >= 0.6 is 11.6 Å². The Morgan fingerprint density at radius 2 is 1.83 bits per heavy atom. The summed E-state index contributed by atoms with van der Waals surface area (Å²) in [4.78, 5) is 14.7. The van der Waals surface area contributed by atoms with Crippen molar-refractivity contribution in [2.45, 2.75) is 78.6 Å². The molecule has 0 spiro atoms.